The van der Waals surface area contributed by atoms with E-state index in [1.165, 1.54) is 16.4 Å². The van der Waals surface area contributed by atoms with E-state index in [0.29, 0.717) is 12.6 Å². The molecule has 0 spiro atoms. The van der Waals surface area contributed by atoms with Crippen molar-refractivity contribution in [1.29, 1.82) is 0 Å². The van der Waals surface area contributed by atoms with Gasteiger partial charge in [0.05, 0.1) is 7.11 Å². The predicted octanol–water partition coefficient (Wildman–Crippen LogP) is -0.390. The molecule has 0 unspecified atom stereocenters. The number of aryl methyl sites for hydroxylation is 1. The molecule has 0 saturated carbocycles. The Kier molecular flexibility index (Phi) is 1.98. The van der Waals surface area contributed by atoms with Gasteiger partial charge < -0.3 is 4.74 Å². The van der Waals surface area contributed by atoms with Gasteiger partial charge in [0.25, 0.3) is 0 Å². The first-order chi connectivity index (χ1) is 5.20. The van der Waals surface area contributed by atoms with Crippen molar-refractivity contribution < 1.29 is 4.74 Å². The molecular formula is C6H11N3O2. The highest BCUT2D eigenvalue weighted by molar-refractivity contribution is 4.92. The Hall–Kier alpha value is -1.26. The van der Waals surface area contributed by atoms with Crippen LogP contribution in [0.2, 0.25) is 0 Å². The van der Waals surface area contributed by atoms with E-state index in [0.717, 1.165) is 0 Å². The van der Waals surface area contributed by atoms with Gasteiger partial charge in [-0.05, 0) is 6.92 Å². The van der Waals surface area contributed by atoms with E-state index in [4.69, 9.17) is 4.74 Å². The normalized spacial score (nSPS) is 10.1. The fraction of sp³-hybridized carbons (Fsp3) is 0.667. The molecule has 0 fully saturated rings. The van der Waals surface area contributed by atoms with E-state index in [9.17, 15) is 4.79 Å². The summed E-state index contributed by atoms with van der Waals surface area (Å²) in [6.07, 6.45) is 0. The molecule has 5 nitrogen and oxygen atoms in total. The van der Waals surface area contributed by atoms with Crippen LogP contribution in [0.15, 0.2) is 4.79 Å². The van der Waals surface area contributed by atoms with Gasteiger partial charge in [0.1, 0.15) is 0 Å². The molecule has 1 heterocycles. The number of ether oxygens (including phenoxy) is 1. The summed E-state index contributed by atoms with van der Waals surface area (Å²) < 4.78 is 7.58. The maximum absolute atomic E-state index is 11.2. The summed E-state index contributed by atoms with van der Waals surface area (Å²) in [7, 11) is 3.09. The van der Waals surface area contributed by atoms with Crippen LogP contribution in [0.25, 0.3) is 0 Å². The van der Waals surface area contributed by atoms with Gasteiger partial charge in [0.15, 0.2) is 0 Å². The van der Waals surface area contributed by atoms with E-state index in [2.05, 4.69) is 5.10 Å². The monoisotopic (exact) mass is 157 g/mol. The maximum Gasteiger partial charge on any atom is 0.348 e. The molecule has 0 aliphatic rings. The molecule has 1 aromatic heterocycles. The average molecular weight is 157 g/mol. The van der Waals surface area contributed by atoms with Gasteiger partial charge in [-0.2, -0.15) is 0 Å². The zero-order chi connectivity index (χ0) is 8.43. The van der Waals surface area contributed by atoms with Crippen LogP contribution in [0.4, 0.5) is 0 Å². The highest BCUT2D eigenvalue weighted by Gasteiger charge is 2.07. The molecule has 0 radical (unpaired) electrons. The van der Waals surface area contributed by atoms with Gasteiger partial charge in [-0.3, -0.25) is 0 Å². The number of hydrogen-bond donors (Lipinski definition) is 0. The van der Waals surface area contributed by atoms with Gasteiger partial charge in [-0.15, -0.1) is 5.10 Å². The Morgan fingerprint density at radius 3 is 2.64 bits per heavy atom. The van der Waals surface area contributed by atoms with E-state index in [1.807, 2.05) is 6.92 Å². The molecule has 62 valence electrons. The zero-order valence-corrected chi connectivity index (χ0v) is 6.87. The predicted molar refractivity (Wildman–Crippen MR) is 39.7 cm³/mol. The second-order valence-corrected chi connectivity index (χ2v) is 2.14. The fourth-order valence-electron chi connectivity index (χ4n) is 0.903. The molecule has 0 aromatic carbocycles. The van der Waals surface area contributed by atoms with Crippen molar-refractivity contribution in [2.75, 3.05) is 7.11 Å². The molecule has 5 heteroatoms. The minimum absolute atomic E-state index is 0.149. The summed E-state index contributed by atoms with van der Waals surface area (Å²) in [5, 5.41) is 3.84. The van der Waals surface area contributed by atoms with Crippen LogP contribution < -0.4 is 10.4 Å². The Bertz CT molecular complexity index is 299. The Morgan fingerprint density at radius 1 is 1.64 bits per heavy atom. The lowest BCUT2D eigenvalue weighted by atomic mass is 10.7. The van der Waals surface area contributed by atoms with Crippen molar-refractivity contribution in [2.24, 2.45) is 7.05 Å². The summed E-state index contributed by atoms with van der Waals surface area (Å²) in [5.74, 6) is 0. The molecule has 0 aliphatic heterocycles. The van der Waals surface area contributed by atoms with Crippen LogP contribution in [-0.4, -0.2) is 21.5 Å². The molecule has 0 atom stereocenters. The number of nitrogens with zero attached hydrogens (tertiary/aromatic N) is 3. The van der Waals surface area contributed by atoms with Gasteiger partial charge in [0.2, 0.25) is 0 Å². The number of hydrogen-bond acceptors (Lipinski definition) is 3. The molecule has 0 bridgehead atoms. The highest BCUT2D eigenvalue weighted by Crippen LogP contribution is 1.99. The summed E-state index contributed by atoms with van der Waals surface area (Å²) in [4.78, 5) is 11.2. The molecular weight excluding hydrogens is 146 g/mol. The van der Waals surface area contributed by atoms with E-state index >= 15 is 0 Å². The van der Waals surface area contributed by atoms with Crippen LogP contribution in [0.3, 0.4) is 0 Å². The Labute approximate surface area is 64.2 Å². The smallest absolute Gasteiger partial charge is 0.348 e. The highest BCUT2D eigenvalue weighted by atomic mass is 16.5. The van der Waals surface area contributed by atoms with Crippen LogP contribution in [-0.2, 0) is 13.6 Å². The molecule has 0 aliphatic carbocycles. The van der Waals surface area contributed by atoms with Crippen molar-refractivity contribution in [3.8, 4) is 6.01 Å². The Morgan fingerprint density at radius 2 is 2.27 bits per heavy atom. The van der Waals surface area contributed by atoms with E-state index in [1.54, 1.807) is 7.05 Å². The quantitative estimate of drug-likeness (QED) is 0.587. The van der Waals surface area contributed by atoms with Gasteiger partial charge in [-0.1, -0.05) is 0 Å². The minimum atomic E-state index is -0.149. The van der Waals surface area contributed by atoms with E-state index < -0.39 is 0 Å². The molecule has 0 saturated heterocycles. The van der Waals surface area contributed by atoms with Crippen molar-refractivity contribution in [1.82, 2.24) is 14.3 Å². The first-order valence-electron chi connectivity index (χ1n) is 3.38. The summed E-state index contributed by atoms with van der Waals surface area (Å²) in [6.45, 7) is 2.45. The average Bonchev–Trinajstić information content (AvgIpc) is 2.28. The van der Waals surface area contributed by atoms with Crippen molar-refractivity contribution in [3.05, 3.63) is 10.5 Å². The number of methoxy groups -OCH3 is 1. The lowest BCUT2D eigenvalue weighted by Gasteiger charge is -1.97. The SMILES string of the molecule is CCn1c(OC)nn(C)c1=O. The maximum atomic E-state index is 11.2. The largest absolute Gasteiger partial charge is 0.467 e. The van der Waals surface area contributed by atoms with Gasteiger partial charge in [-0.25, -0.2) is 14.0 Å². The number of rotatable bonds is 2. The molecule has 11 heavy (non-hydrogen) atoms. The third kappa shape index (κ3) is 1.13. The van der Waals surface area contributed by atoms with Gasteiger partial charge in [0, 0.05) is 13.6 Å². The van der Waals surface area contributed by atoms with Crippen molar-refractivity contribution in [3.63, 3.8) is 0 Å². The van der Waals surface area contributed by atoms with Crippen LogP contribution in [0, 0.1) is 0 Å². The standard InChI is InChI=1S/C6H11N3O2/c1-4-9-5(11-3)7-8(2)6(9)10/h4H2,1-3H3. The summed E-state index contributed by atoms with van der Waals surface area (Å²) in [6, 6.07) is 0.361. The van der Waals surface area contributed by atoms with E-state index in [-0.39, 0.29) is 5.69 Å². The second-order valence-electron chi connectivity index (χ2n) is 2.14. The third-order valence-electron chi connectivity index (χ3n) is 1.47. The van der Waals surface area contributed by atoms with Crippen LogP contribution in [0.5, 0.6) is 6.01 Å². The first-order valence-corrected chi connectivity index (χ1v) is 3.38. The molecule has 1 rings (SSSR count). The van der Waals surface area contributed by atoms with Crippen LogP contribution >= 0.6 is 0 Å². The number of aromatic nitrogens is 3. The van der Waals surface area contributed by atoms with Crippen LogP contribution in [0.1, 0.15) is 6.92 Å². The second kappa shape index (κ2) is 2.77. The topological polar surface area (TPSA) is 49.0 Å². The first kappa shape index (κ1) is 7.84. The Balaban J connectivity index is 3.27. The molecule has 0 N–H and O–H groups in total. The summed E-state index contributed by atoms with van der Waals surface area (Å²) >= 11 is 0. The van der Waals surface area contributed by atoms with Crippen molar-refractivity contribution >= 4 is 0 Å². The summed E-state index contributed by atoms with van der Waals surface area (Å²) in [5.41, 5.74) is -0.149. The van der Waals surface area contributed by atoms with Crippen molar-refractivity contribution in [2.45, 2.75) is 13.5 Å². The van der Waals surface area contributed by atoms with Gasteiger partial charge >= 0.3 is 11.7 Å². The minimum Gasteiger partial charge on any atom is -0.467 e. The lowest BCUT2D eigenvalue weighted by molar-refractivity contribution is 0.355. The molecule has 1 aromatic rings. The zero-order valence-electron chi connectivity index (χ0n) is 6.87. The lowest BCUT2D eigenvalue weighted by Crippen LogP contribution is -2.22. The molecule has 0 amide bonds. The third-order valence-corrected chi connectivity index (χ3v) is 1.47. The fourth-order valence-corrected chi connectivity index (χ4v) is 0.903.